The van der Waals surface area contributed by atoms with E-state index in [0.29, 0.717) is 11.1 Å². The fraction of sp³-hybridized carbons (Fsp3) is 0.167. The van der Waals surface area contributed by atoms with Crippen molar-refractivity contribution >= 4 is 11.6 Å². The molecule has 0 saturated heterocycles. The van der Waals surface area contributed by atoms with E-state index in [0.717, 1.165) is 5.56 Å². The monoisotopic (exact) mass is 360 g/mol. The molecule has 3 aromatic rings. The lowest BCUT2D eigenvalue weighted by molar-refractivity contribution is 0.0888. The van der Waals surface area contributed by atoms with Gasteiger partial charge in [-0.1, -0.05) is 67.6 Å². The predicted molar refractivity (Wildman–Crippen MR) is 104 cm³/mol. The Kier molecular flexibility index (Phi) is 5.92. The highest BCUT2D eigenvalue weighted by Gasteiger charge is 2.28. The molecule has 0 bridgehead atoms. The molecule has 0 amide bonds. The van der Waals surface area contributed by atoms with Crippen molar-refractivity contribution in [2.45, 2.75) is 19.3 Å². The Balaban J connectivity index is 1.88. The van der Waals surface area contributed by atoms with Gasteiger partial charge >= 0.3 is 0 Å². The highest BCUT2D eigenvalue weighted by atomic mass is 19.1. The van der Waals surface area contributed by atoms with Gasteiger partial charge < -0.3 is 0 Å². The molecular formula is C24H21FO2. The van der Waals surface area contributed by atoms with Crippen LogP contribution in [0.2, 0.25) is 0 Å². The van der Waals surface area contributed by atoms with Crippen LogP contribution < -0.4 is 0 Å². The van der Waals surface area contributed by atoms with Gasteiger partial charge in [0.2, 0.25) is 0 Å². The van der Waals surface area contributed by atoms with E-state index in [4.69, 9.17) is 0 Å². The lowest BCUT2D eigenvalue weighted by Crippen LogP contribution is -2.22. The fourth-order valence-corrected chi connectivity index (χ4v) is 3.28. The van der Waals surface area contributed by atoms with E-state index in [1.54, 1.807) is 12.1 Å². The van der Waals surface area contributed by atoms with Gasteiger partial charge in [0.15, 0.2) is 11.6 Å². The summed E-state index contributed by atoms with van der Waals surface area (Å²) in [5.41, 5.74) is 2.04. The molecule has 2 atom stereocenters. The summed E-state index contributed by atoms with van der Waals surface area (Å²) in [4.78, 5) is 25.7. The van der Waals surface area contributed by atoms with Gasteiger partial charge in [0.05, 0.1) is 0 Å². The molecule has 0 fully saturated rings. The van der Waals surface area contributed by atoms with Crippen LogP contribution in [-0.4, -0.2) is 11.6 Å². The van der Waals surface area contributed by atoms with Crippen LogP contribution in [-0.2, 0) is 0 Å². The number of Topliss-reactive ketones (excluding diaryl/α,β-unsaturated/α-hetero) is 2. The Hall–Kier alpha value is -3.07. The van der Waals surface area contributed by atoms with Gasteiger partial charge in [0.1, 0.15) is 5.82 Å². The van der Waals surface area contributed by atoms with E-state index in [9.17, 15) is 14.0 Å². The lowest BCUT2D eigenvalue weighted by Gasteiger charge is -2.23. The minimum Gasteiger partial charge on any atom is -0.294 e. The first kappa shape index (κ1) is 18.7. The van der Waals surface area contributed by atoms with Crippen molar-refractivity contribution in [1.29, 1.82) is 0 Å². The number of halogens is 1. The van der Waals surface area contributed by atoms with Gasteiger partial charge in [-0.2, -0.15) is 0 Å². The van der Waals surface area contributed by atoms with Crippen molar-refractivity contribution in [3.63, 3.8) is 0 Å². The number of benzene rings is 3. The first-order valence-corrected chi connectivity index (χ1v) is 8.99. The molecule has 0 aromatic heterocycles. The molecule has 0 aliphatic heterocycles. The quantitative estimate of drug-likeness (QED) is 0.506. The van der Waals surface area contributed by atoms with E-state index < -0.39 is 0 Å². The second-order valence-electron chi connectivity index (χ2n) is 6.67. The maximum absolute atomic E-state index is 13.1. The molecule has 2 nitrogen and oxygen atoms in total. The largest absolute Gasteiger partial charge is 0.294 e. The van der Waals surface area contributed by atoms with Crippen molar-refractivity contribution in [3.05, 3.63) is 107 Å². The first-order chi connectivity index (χ1) is 13.1. The molecule has 0 unspecified atom stereocenters. The third-order valence-electron chi connectivity index (χ3n) is 4.87. The molecule has 0 spiro atoms. The third-order valence-corrected chi connectivity index (χ3v) is 4.87. The summed E-state index contributed by atoms with van der Waals surface area (Å²) in [5, 5.41) is 0. The number of hydrogen-bond donors (Lipinski definition) is 0. The zero-order chi connectivity index (χ0) is 19.2. The fourth-order valence-electron chi connectivity index (χ4n) is 3.28. The average Bonchev–Trinajstić information content (AvgIpc) is 2.72. The molecule has 0 N–H and O–H groups in total. The van der Waals surface area contributed by atoms with Gasteiger partial charge in [-0.05, 0) is 29.8 Å². The topological polar surface area (TPSA) is 34.1 Å². The Morgan fingerprint density at radius 2 is 1.33 bits per heavy atom. The molecule has 136 valence electrons. The molecule has 0 saturated carbocycles. The van der Waals surface area contributed by atoms with Gasteiger partial charge in [-0.25, -0.2) is 4.39 Å². The van der Waals surface area contributed by atoms with Crippen LogP contribution in [0.15, 0.2) is 84.9 Å². The average molecular weight is 360 g/mol. The van der Waals surface area contributed by atoms with Crippen molar-refractivity contribution in [1.82, 2.24) is 0 Å². The zero-order valence-electron chi connectivity index (χ0n) is 15.1. The van der Waals surface area contributed by atoms with Crippen molar-refractivity contribution in [3.8, 4) is 0 Å². The van der Waals surface area contributed by atoms with Crippen LogP contribution in [0.4, 0.5) is 4.39 Å². The summed E-state index contributed by atoms with van der Waals surface area (Å²) in [6.07, 6.45) is 0.190. The summed E-state index contributed by atoms with van der Waals surface area (Å²) in [5.74, 6) is -1.08. The zero-order valence-corrected chi connectivity index (χ0v) is 15.1. The molecule has 0 aliphatic carbocycles. The normalized spacial score (nSPS) is 13.0. The molecule has 0 heterocycles. The lowest BCUT2D eigenvalue weighted by atomic mass is 9.79. The Morgan fingerprint density at radius 1 is 0.778 bits per heavy atom. The van der Waals surface area contributed by atoms with Crippen LogP contribution in [0, 0.1) is 11.7 Å². The summed E-state index contributed by atoms with van der Waals surface area (Å²) in [7, 11) is 0. The highest BCUT2D eigenvalue weighted by Crippen LogP contribution is 2.32. The van der Waals surface area contributed by atoms with Gasteiger partial charge in [-0.15, -0.1) is 0 Å². The Bertz CT molecular complexity index is 902. The van der Waals surface area contributed by atoms with Crippen molar-refractivity contribution in [2.24, 2.45) is 5.92 Å². The standard InChI is InChI=1S/C24H21FO2/c1-17(24(27)20-10-6-3-7-11-20)22(18-8-4-2-5-9-18)16-23(26)19-12-14-21(25)15-13-19/h2-15,17,22H,16H2,1H3/t17-,22+/m0/s1. The summed E-state index contributed by atoms with van der Waals surface area (Å²) < 4.78 is 13.1. The van der Waals surface area contributed by atoms with Crippen LogP contribution >= 0.6 is 0 Å². The smallest absolute Gasteiger partial charge is 0.166 e. The molecule has 3 aromatic carbocycles. The van der Waals surface area contributed by atoms with Crippen molar-refractivity contribution in [2.75, 3.05) is 0 Å². The Labute approximate surface area is 158 Å². The predicted octanol–water partition coefficient (Wildman–Crippen LogP) is 5.70. The number of ketones is 2. The van der Waals surface area contributed by atoms with E-state index >= 15 is 0 Å². The van der Waals surface area contributed by atoms with E-state index in [1.807, 2.05) is 55.5 Å². The highest BCUT2D eigenvalue weighted by molar-refractivity contribution is 6.00. The number of hydrogen-bond acceptors (Lipinski definition) is 2. The number of carbonyl (C=O) groups is 2. The van der Waals surface area contributed by atoms with Gasteiger partial charge in [0.25, 0.3) is 0 Å². The van der Waals surface area contributed by atoms with Crippen LogP contribution in [0.25, 0.3) is 0 Å². The van der Waals surface area contributed by atoms with E-state index in [-0.39, 0.29) is 35.6 Å². The number of rotatable bonds is 7. The van der Waals surface area contributed by atoms with E-state index in [1.165, 1.54) is 24.3 Å². The second-order valence-corrected chi connectivity index (χ2v) is 6.67. The second kappa shape index (κ2) is 8.54. The summed E-state index contributed by atoms with van der Waals surface area (Å²) >= 11 is 0. The number of carbonyl (C=O) groups excluding carboxylic acids is 2. The van der Waals surface area contributed by atoms with E-state index in [2.05, 4.69) is 0 Å². The minimum atomic E-state index is -0.376. The summed E-state index contributed by atoms with van der Waals surface area (Å²) in [6, 6.07) is 24.3. The van der Waals surface area contributed by atoms with Gasteiger partial charge in [-0.3, -0.25) is 9.59 Å². The molecule has 0 aliphatic rings. The minimum absolute atomic E-state index is 0.0105. The molecule has 3 heteroatoms. The first-order valence-electron chi connectivity index (χ1n) is 8.99. The SMILES string of the molecule is C[C@H](C(=O)c1ccccc1)[C@@H](CC(=O)c1ccc(F)cc1)c1ccccc1. The van der Waals surface area contributed by atoms with Crippen LogP contribution in [0.5, 0.6) is 0 Å². The maximum atomic E-state index is 13.1. The van der Waals surface area contributed by atoms with Crippen molar-refractivity contribution < 1.29 is 14.0 Å². The maximum Gasteiger partial charge on any atom is 0.166 e. The summed E-state index contributed by atoms with van der Waals surface area (Å²) in [6.45, 7) is 1.87. The Morgan fingerprint density at radius 3 is 1.93 bits per heavy atom. The molecule has 0 radical (unpaired) electrons. The van der Waals surface area contributed by atoms with Crippen LogP contribution in [0.3, 0.4) is 0 Å². The van der Waals surface area contributed by atoms with Crippen LogP contribution in [0.1, 0.15) is 45.5 Å². The third kappa shape index (κ3) is 4.56. The molecule has 27 heavy (non-hydrogen) atoms. The molecule has 3 rings (SSSR count). The molecular weight excluding hydrogens is 339 g/mol. The van der Waals surface area contributed by atoms with Gasteiger partial charge in [0, 0.05) is 29.4 Å².